The zero-order valence-corrected chi connectivity index (χ0v) is 18.8. The van der Waals surface area contributed by atoms with E-state index in [-0.39, 0.29) is 17.7 Å². The molecule has 1 saturated carbocycles. The molecule has 0 spiro atoms. The topological polar surface area (TPSA) is 102 Å². The summed E-state index contributed by atoms with van der Waals surface area (Å²) in [5.74, 6) is 1.30. The molecule has 0 radical (unpaired) electrons. The summed E-state index contributed by atoms with van der Waals surface area (Å²) in [5, 5.41) is 14.5. The number of carbonyl (C=O) groups excluding carboxylic acids is 2. The van der Waals surface area contributed by atoms with E-state index in [0.717, 1.165) is 24.8 Å². The van der Waals surface area contributed by atoms with Gasteiger partial charge in [0.2, 0.25) is 11.7 Å². The molecule has 0 saturated heterocycles. The second-order valence-corrected chi connectivity index (χ2v) is 8.98. The third-order valence-electron chi connectivity index (χ3n) is 5.66. The number of aromatic nitrogens is 3. The van der Waals surface area contributed by atoms with Gasteiger partial charge in [-0.15, -0.1) is 10.2 Å². The smallest absolute Gasteiger partial charge is 0.321 e. The van der Waals surface area contributed by atoms with Crippen LogP contribution in [0.1, 0.15) is 38.2 Å². The van der Waals surface area contributed by atoms with E-state index >= 15 is 0 Å². The number of imide groups is 1. The summed E-state index contributed by atoms with van der Waals surface area (Å²) in [5.41, 5.74) is 1.08. The van der Waals surface area contributed by atoms with Crippen molar-refractivity contribution < 1.29 is 14.0 Å². The number of rotatable bonds is 7. The zero-order chi connectivity index (χ0) is 22.3. The molecule has 0 bridgehead atoms. The van der Waals surface area contributed by atoms with Crippen LogP contribution in [0.15, 0.2) is 58.3 Å². The quantitative estimate of drug-likeness (QED) is 0.523. The van der Waals surface area contributed by atoms with E-state index in [0.29, 0.717) is 29.2 Å². The molecule has 2 unspecified atom stereocenters. The van der Waals surface area contributed by atoms with Gasteiger partial charge in [-0.05, 0) is 36.5 Å². The Morgan fingerprint density at radius 3 is 2.69 bits per heavy atom. The van der Waals surface area contributed by atoms with Crippen molar-refractivity contribution in [3.05, 3.63) is 54.3 Å². The van der Waals surface area contributed by atoms with Gasteiger partial charge in [0.15, 0.2) is 10.9 Å². The summed E-state index contributed by atoms with van der Waals surface area (Å²) in [7, 11) is 0. The molecule has 9 heteroatoms. The molecule has 4 rings (SSSR count). The van der Waals surface area contributed by atoms with Gasteiger partial charge in [-0.2, -0.15) is 0 Å². The average Bonchev–Trinajstić information content (AvgIpc) is 3.45. The molecule has 168 valence electrons. The minimum absolute atomic E-state index is 0.0543. The van der Waals surface area contributed by atoms with Crippen LogP contribution in [0.5, 0.6) is 0 Å². The van der Waals surface area contributed by atoms with Crippen LogP contribution in [0.25, 0.3) is 11.6 Å². The van der Waals surface area contributed by atoms with Gasteiger partial charge in [0, 0.05) is 6.04 Å². The van der Waals surface area contributed by atoms with Crippen LogP contribution in [0.4, 0.5) is 4.79 Å². The lowest BCUT2D eigenvalue weighted by atomic mass is 9.86. The first kappa shape index (κ1) is 22.1. The molecule has 8 nitrogen and oxygen atoms in total. The number of nitrogens with one attached hydrogen (secondary N) is 2. The molecule has 2 heterocycles. The highest BCUT2D eigenvalue weighted by Gasteiger charge is 2.24. The maximum absolute atomic E-state index is 12.4. The van der Waals surface area contributed by atoms with Gasteiger partial charge < -0.3 is 9.73 Å². The van der Waals surface area contributed by atoms with Crippen molar-refractivity contribution in [2.45, 2.75) is 50.4 Å². The molecule has 3 aromatic rings. The van der Waals surface area contributed by atoms with Crippen molar-refractivity contribution in [2.75, 3.05) is 5.75 Å². The highest BCUT2D eigenvalue weighted by Crippen LogP contribution is 2.26. The van der Waals surface area contributed by atoms with Crippen LogP contribution < -0.4 is 10.6 Å². The van der Waals surface area contributed by atoms with E-state index in [2.05, 4.69) is 27.8 Å². The molecule has 1 fully saturated rings. The third-order valence-corrected chi connectivity index (χ3v) is 6.62. The number of thioether (sulfide) groups is 1. The maximum Gasteiger partial charge on any atom is 0.321 e. The Balaban J connectivity index is 1.39. The minimum atomic E-state index is -0.434. The van der Waals surface area contributed by atoms with E-state index in [1.54, 1.807) is 12.3 Å². The van der Waals surface area contributed by atoms with Crippen LogP contribution in [0.2, 0.25) is 0 Å². The first-order valence-electron chi connectivity index (χ1n) is 10.8. The van der Waals surface area contributed by atoms with Gasteiger partial charge in [-0.25, -0.2) is 4.79 Å². The maximum atomic E-state index is 12.4. The highest BCUT2D eigenvalue weighted by atomic mass is 32.2. The Morgan fingerprint density at radius 1 is 1.12 bits per heavy atom. The number of benzene rings is 1. The molecule has 3 amide bonds. The fourth-order valence-electron chi connectivity index (χ4n) is 3.92. The Labute approximate surface area is 191 Å². The molecule has 1 aromatic carbocycles. The van der Waals surface area contributed by atoms with E-state index in [9.17, 15) is 9.59 Å². The van der Waals surface area contributed by atoms with Gasteiger partial charge in [0.25, 0.3) is 0 Å². The monoisotopic (exact) mass is 453 g/mol. The standard InChI is InChI=1S/C23H27N5O3S/c1-16-8-5-6-11-18(16)24-22(30)25-20(29)15-32-23-27-26-21(19-12-7-13-31-19)28(23)14-17-9-3-2-4-10-17/h2-4,7,9-10,12-13,16,18H,5-6,8,11,14-15H2,1H3,(H2,24,25,29,30). The van der Waals surface area contributed by atoms with Gasteiger partial charge in [-0.3, -0.25) is 14.7 Å². The lowest BCUT2D eigenvalue weighted by Crippen LogP contribution is -2.48. The van der Waals surface area contributed by atoms with Crippen LogP contribution in [0, 0.1) is 5.92 Å². The van der Waals surface area contributed by atoms with Gasteiger partial charge in [0.05, 0.1) is 18.6 Å². The predicted octanol–water partition coefficient (Wildman–Crippen LogP) is 4.08. The van der Waals surface area contributed by atoms with E-state index in [4.69, 9.17) is 4.42 Å². The minimum Gasteiger partial charge on any atom is -0.461 e. The second-order valence-electron chi connectivity index (χ2n) is 8.03. The van der Waals surface area contributed by atoms with Crippen LogP contribution >= 0.6 is 11.8 Å². The number of amides is 3. The fourth-order valence-corrected chi connectivity index (χ4v) is 4.66. The summed E-state index contributed by atoms with van der Waals surface area (Å²) >= 11 is 1.24. The first-order valence-corrected chi connectivity index (χ1v) is 11.8. The van der Waals surface area contributed by atoms with E-state index < -0.39 is 6.03 Å². The normalized spacial score (nSPS) is 18.3. The lowest BCUT2D eigenvalue weighted by molar-refractivity contribution is -0.117. The second kappa shape index (κ2) is 10.5. The Hall–Kier alpha value is -3.07. The Kier molecular flexibility index (Phi) is 7.26. The number of hydrogen-bond acceptors (Lipinski definition) is 6. The lowest BCUT2D eigenvalue weighted by Gasteiger charge is -2.29. The van der Waals surface area contributed by atoms with Crippen LogP contribution in [-0.4, -0.2) is 38.5 Å². The molecule has 2 aromatic heterocycles. The summed E-state index contributed by atoms with van der Waals surface area (Å²) < 4.78 is 7.42. The summed E-state index contributed by atoms with van der Waals surface area (Å²) in [6, 6.07) is 13.2. The van der Waals surface area contributed by atoms with E-state index in [1.165, 1.54) is 18.2 Å². The molecule has 2 atom stereocenters. The van der Waals surface area contributed by atoms with Crippen molar-refractivity contribution in [1.82, 2.24) is 25.4 Å². The Morgan fingerprint density at radius 2 is 1.94 bits per heavy atom. The van der Waals surface area contributed by atoms with Crippen molar-refractivity contribution in [3.63, 3.8) is 0 Å². The zero-order valence-electron chi connectivity index (χ0n) is 18.0. The number of hydrogen-bond donors (Lipinski definition) is 2. The number of nitrogens with zero attached hydrogens (tertiary/aromatic N) is 3. The average molecular weight is 454 g/mol. The fraction of sp³-hybridized carbons (Fsp3) is 0.391. The van der Waals surface area contributed by atoms with Crippen LogP contribution in [0.3, 0.4) is 0 Å². The largest absolute Gasteiger partial charge is 0.461 e. The number of carbonyl (C=O) groups is 2. The number of furan rings is 1. The molecule has 2 N–H and O–H groups in total. The van der Waals surface area contributed by atoms with Crippen molar-refractivity contribution in [1.29, 1.82) is 0 Å². The Bertz CT molecular complexity index is 1040. The predicted molar refractivity (Wildman–Crippen MR) is 122 cm³/mol. The van der Waals surface area contributed by atoms with Gasteiger partial charge in [-0.1, -0.05) is 61.9 Å². The SMILES string of the molecule is CC1CCCCC1NC(=O)NC(=O)CSc1nnc(-c2ccco2)n1Cc1ccccc1. The number of urea groups is 1. The molecule has 0 aliphatic heterocycles. The van der Waals surface area contributed by atoms with Crippen LogP contribution in [-0.2, 0) is 11.3 Å². The summed E-state index contributed by atoms with van der Waals surface area (Å²) in [4.78, 5) is 24.6. The summed E-state index contributed by atoms with van der Waals surface area (Å²) in [6.07, 6.45) is 5.94. The van der Waals surface area contributed by atoms with Crippen molar-refractivity contribution >= 4 is 23.7 Å². The van der Waals surface area contributed by atoms with E-state index in [1.807, 2.05) is 41.0 Å². The molecular formula is C23H27N5O3S. The van der Waals surface area contributed by atoms with Gasteiger partial charge in [0.1, 0.15) is 0 Å². The highest BCUT2D eigenvalue weighted by molar-refractivity contribution is 7.99. The van der Waals surface area contributed by atoms with Crippen molar-refractivity contribution in [2.24, 2.45) is 5.92 Å². The molecule has 32 heavy (non-hydrogen) atoms. The van der Waals surface area contributed by atoms with Gasteiger partial charge >= 0.3 is 6.03 Å². The molecular weight excluding hydrogens is 426 g/mol. The summed E-state index contributed by atoms with van der Waals surface area (Å²) in [6.45, 7) is 2.67. The first-order chi connectivity index (χ1) is 15.6. The third kappa shape index (κ3) is 5.59. The molecule has 1 aliphatic carbocycles. The molecule has 1 aliphatic rings. The van der Waals surface area contributed by atoms with Crippen molar-refractivity contribution in [3.8, 4) is 11.6 Å².